The van der Waals surface area contributed by atoms with E-state index in [4.69, 9.17) is 47.4 Å². The smallest absolute Gasteiger partial charge is 0.187 e. The number of fused-ring (bicyclic) bond motifs is 5. The van der Waals surface area contributed by atoms with Crippen molar-refractivity contribution in [3.05, 3.63) is 11.6 Å². The summed E-state index contributed by atoms with van der Waals surface area (Å²) in [6.45, 7) is 12.6. The molecule has 4 aliphatic carbocycles. The van der Waals surface area contributed by atoms with Crippen LogP contribution in [0.1, 0.15) is 107 Å². The molecule has 0 radical (unpaired) electrons. The minimum atomic E-state index is -1.96. The summed E-state index contributed by atoms with van der Waals surface area (Å²) in [5, 5.41) is 205. The van der Waals surface area contributed by atoms with Crippen LogP contribution in [0.25, 0.3) is 0 Å². The van der Waals surface area contributed by atoms with Crippen molar-refractivity contribution in [2.24, 2.45) is 45.3 Å². The molecule has 0 bridgehead atoms. The Balaban J connectivity index is 0.883. The van der Waals surface area contributed by atoms with Crippen LogP contribution in [0.3, 0.4) is 0 Å². The zero-order valence-electron chi connectivity index (χ0n) is 51.8. The van der Waals surface area contributed by atoms with E-state index in [2.05, 4.69) is 33.8 Å². The average molecular weight is 1290 g/mol. The van der Waals surface area contributed by atoms with E-state index < -0.39 is 227 Å². The summed E-state index contributed by atoms with van der Waals surface area (Å²) in [5.41, 5.74) is -2.49. The molecular weight excluding hydrogens is 1180 g/mol. The minimum absolute atomic E-state index is 0.0310. The first-order valence-corrected chi connectivity index (χ1v) is 31.6. The van der Waals surface area contributed by atoms with E-state index in [0.29, 0.717) is 32.1 Å². The van der Waals surface area contributed by atoms with Crippen LogP contribution in [-0.2, 0) is 47.4 Å². The summed E-state index contributed by atoms with van der Waals surface area (Å²) in [5.74, 6) is -0.0172. The summed E-state index contributed by atoms with van der Waals surface area (Å²) in [4.78, 5) is 0. The number of aliphatic hydroxyl groups excluding tert-OH is 18. The third kappa shape index (κ3) is 13.1. The van der Waals surface area contributed by atoms with Crippen molar-refractivity contribution < 1.29 is 144 Å². The molecule has 5 aliphatic heterocycles. The predicted molar refractivity (Wildman–Crippen MR) is 300 cm³/mol. The second kappa shape index (κ2) is 27.6. The lowest BCUT2D eigenvalue weighted by Crippen LogP contribution is -2.65. The molecule has 28 unspecified atom stereocenters. The van der Waals surface area contributed by atoms with E-state index in [9.17, 15) is 97.0 Å². The maximum Gasteiger partial charge on any atom is 0.187 e. The van der Waals surface area contributed by atoms with Crippen molar-refractivity contribution in [2.75, 3.05) is 33.0 Å². The summed E-state index contributed by atoms with van der Waals surface area (Å²) in [6, 6.07) is 0. The second-order valence-corrected chi connectivity index (χ2v) is 28.7. The molecule has 89 heavy (non-hydrogen) atoms. The molecule has 29 nitrogen and oxygen atoms in total. The molecule has 0 amide bonds. The molecule has 19 N–H and O–H groups in total. The molecule has 8 fully saturated rings. The fourth-order valence-electron chi connectivity index (χ4n) is 17.0. The predicted octanol–water partition coefficient (Wildman–Crippen LogP) is -5.41. The molecule has 9 rings (SSSR count). The van der Waals surface area contributed by atoms with Crippen molar-refractivity contribution >= 4 is 0 Å². The maximum absolute atomic E-state index is 12.8. The van der Waals surface area contributed by atoms with E-state index in [-0.39, 0.29) is 35.5 Å². The highest BCUT2D eigenvalue weighted by Gasteiger charge is 2.70. The van der Waals surface area contributed by atoms with Gasteiger partial charge in [0.25, 0.3) is 0 Å². The van der Waals surface area contributed by atoms with Crippen LogP contribution >= 0.6 is 0 Å². The molecular formula is C60H102O29. The molecule has 0 aromatic carbocycles. The average Bonchev–Trinajstić information content (AvgIpc) is 1.66. The van der Waals surface area contributed by atoms with Crippen LogP contribution < -0.4 is 0 Å². The number of rotatable bonds is 20. The topological polar surface area (TPSA) is 477 Å². The van der Waals surface area contributed by atoms with Gasteiger partial charge in [-0.2, -0.15) is 0 Å². The van der Waals surface area contributed by atoms with Crippen LogP contribution in [0, 0.1) is 45.3 Å². The number of hydrogen-bond donors (Lipinski definition) is 19. The normalized spacial score (nSPS) is 51.8. The van der Waals surface area contributed by atoms with Crippen LogP contribution in [-0.4, -0.2) is 308 Å². The standard InChI is InChI=1S/C60H102O29/c1-23(9-13-35(57(4,5)79)88-55-50(89-54-49(78)43(72)38(67)29(20-63)84-54)45(74)40(69)31(86-55)22-81-52-47(76)42(71)37(66)28(19-62)83-52)24-15-16-58(6)32-12-10-25-26(60(32,8)33(64)17-59(24,58)7)11-14-34(56(25,2)3)87-53-48(77)44(73)39(68)30(85-53)21-80-51-46(75)41(70)36(65)27(18-61)82-51/h10,23-24,26-55,61-79H,9,11-22H2,1-8H3/t23-,24?,26?,27?,28?,29?,30?,31?,32?,33+,34+,35-,36?,37?,38?,39?,40?,41?,42?,43?,44?,45?,46?,47?,48?,49?,50?,51?,52?,53?,54?,55?,58+,59-,60+/m1/s1. The molecule has 5 heterocycles. The third-order valence-corrected chi connectivity index (χ3v) is 22.9. The Labute approximate surface area is 517 Å². The molecule has 29 heteroatoms. The van der Waals surface area contributed by atoms with Gasteiger partial charge in [0.2, 0.25) is 0 Å². The lowest BCUT2D eigenvalue weighted by Gasteiger charge is -2.67. The first kappa shape index (κ1) is 71.9. The first-order chi connectivity index (χ1) is 41.6. The summed E-state index contributed by atoms with van der Waals surface area (Å²) >= 11 is 0. The molecule has 516 valence electrons. The maximum atomic E-state index is 12.8. The SMILES string of the molecule is C[C@H](CC[C@@H](OC1OC(COC2OC(CO)C(O)C(O)C2O)C(O)C(O)C1OC1OC(CO)C(O)C(O)C1O)C(C)(C)O)C1CC[C@@]2(C)C3CC=C4C(CC[C@H](OC5OC(COC6OC(CO)C(O)C(O)C6O)C(O)C(O)C5O)C4(C)C)[C@]3(C)[C@@H](O)C[C@]12C. The van der Waals surface area contributed by atoms with Crippen molar-refractivity contribution in [3.8, 4) is 0 Å². The number of allylic oxidation sites excluding steroid dienone is 1. The molecule has 5 saturated heterocycles. The quantitative estimate of drug-likeness (QED) is 0.0506. The van der Waals surface area contributed by atoms with Crippen molar-refractivity contribution in [1.29, 1.82) is 0 Å². The van der Waals surface area contributed by atoms with E-state index in [1.807, 2.05) is 13.8 Å². The lowest BCUT2D eigenvalue weighted by molar-refractivity contribution is -0.380. The van der Waals surface area contributed by atoms with Gasteiger partial charge in [0.15, 0.2) is 31.5 Å². The van der Waals surface area contributed by atoms with Crippen molar-refractivity contribution in [2.45, 2.75) is 284 Å². The third-order valence-electron chi connectivity index (χ3n) is 22.9. The van der Waals surface area contributed by atoms with Crippen LogP contribution in [0.4, 0.5) is 0 Å². The number of hydrogen-bond acceptors (Lipinski definition) is 29. The van der Waals surface area contributed by atoms with E-state index in [0.717, 1.165) is 18.4 Å². The van der Waals surface area contributed by atoms with Crippen LogP contribution in [0.5, 0.6) is 0 Å². The zero-order valence-corrected chi connectivity index (χ0v) is 51.8. The highest BCUT2D eigenvalue weighted by molar-refractivity contribution is 5.32. The second-order valence-electron chi connectivity index (χ2n) is 28.7. The van der Waals surface area contributed by atoms with E-state index in [1.165, 1.54) is 13.8 Å². The Hall–Kier alpha value is -1.42. The van der Waals surface area contributed by atoms with Gasteiger partial charge in [-0.15, -0.1) is 0 Å². The number of ether oxygens (including phenoxy) is 10. The molecule has 35 atom stereocenters. The van der Waals surface area contributed by atoms with Gasteiger partial charge in [-0.1, -0.05) is 53.2 Å². The summed E-state index contributed by atoms with van der Waals surface area (Å²) < 4.78 is 59.3. The van der Waals surface area contributed by atoms with Crippen molar-refractivity contribution in [1.82, 2.24) is 0 Å². The highest BCUT2D eigenvalue weighted by atomic mass is 16.8. The lowest BCUT2D eigenvalue weighted by atomic mass is 9.38. The molecule has 0 spiro atoms. The summed E-state index contributed by atoms with van der Waals surface area (Å²) in [7, 11) is 0. The fourth-order valence-corrected chi connectivity index (χ4v) is 17.0. The van der Waals surface area contributed by atoms with Gasteiger partial charge >= 0.3 is 0 Å². The highest BCUT2D eigenvalue weighted by Crippen LogP contribution is 2.75. The monoisotopic (exact) mass is 1290 g/mol. The Morgan fingerprint density at radius 3 is 1.45 bits per heavy atom. The number of aliphatic hydroxyl groups is 19. The van der Waals surface area contributed by atoms with Crippen LogP contribution in [0.15, 0.2) is 11.6 Å². The Bertz CT molecular complexity index is 2340. The Kier molecular flexibility index (Phi) is 22.3. The largest absolute Gasteiger partial charge is 0.394 e. The van der Waals surface area contributed by atoms with Gasteiger partial charge in [0.1, 0.15) is 122 Å². The molecule has 3 saturated carbocycles. The Morgan fingerprint density at radius 2 is 0.955 bits per heavy atom. The van der Waals surface area contributed by atoms with Gasteiger partial charge in [-0.05, 0) is 99.7 Å². The molecule has 0 aromatic heterocycles. The van der Waals surface area contributed by atoms with Crippen molar-refractivity contribution in [3.63, 3.8) is 0 Å². The molecule has 9 aliphatic rings. The first-order valence-electron chi connectivity index (χ1n) is 31.6. The van der Waals surface area contributed by atoms with Gasteiger partial charge in [0.05, 0.1) is 56.9 Å². The van der Waals surface area contributed by atoms with Gasteiger partial charge in [-0.25, -0.2) is 0 Å². The minimum Gasteiger partial charge on any atom is -0.394 e. The summed E-state index contributed by atoms with van der Waals surface area (Å²) in [6.07, 6.45) is -37.4. The van der Waals surface area contributed by atoms with E-state index >= 15 is 0 Å². The van der Waals surface area contributed by atoms with Gasteiger partial charge in [-0.3, -0.25) is 0 Å². The van der Waals surface area contributed by atoms with Gasteiger partial charge in [0, 0.05) is 10.8 Å². The van der Waals surface area contributed by atoms with Gasteiger partial charge < -0.3 is 144 Å². The fraction of sp³-hybridized carbons (Fsp3) is 0.967. The Morgan fingerprint density at radius 1 is 0.517 bits per heavy atom. The zero-order chi connectivity index (χ0) is 65.5. The van der Waals surface area contributed by atoms with Crippen LogP contribution in [0.2, 0.25) is 0 Å². The van der Waals surface area contributed by atoms with E-state index in [1.54, 1.807) is 0 Å². The molecule has 0 aromatic rings.